The zero-order chi connectivity index (χ0) is 13.5. The van der Waals surface area contributed by atoms with Crippen molar-refractivity contribution in [3.8, 4) is 0 Å². The van der Waals surface area contributed by atoms with Gasteiger partial charge in [0.1, 0.15) is 6.33 Å². The predicted octanol–water partition coefficient (Wildman–Crippen LogP) is 2.69. The number of rotatable bonds is 4. The lowest BCUT2D eigenvalue weighted by molar-refractivity contribution is 0.0969. The number of benzene rings is 1. The van der Waals surface area contributed by atoms with Gasteiger partial charge in [-0.3, -0.25) is 9.36 Å². The van der Waals surface area contributed by atoms with Crippen molar-refractivity contribution in [2.45, 2.75) is 6.92 Å². The van der Waals surface area contributed by atoms with E-state index in [-0.39, 0.29) is 5.91 Å². The van der Waals surface area contributed by atoms with Gasteiger partial charge in [0.15, 0.2) is 0 Å². The summed E-state index contributed by atoms with van der Waals surface area (Å²) in [7, 11) is 0. The van der Waals surface area contributed by atoms with E-state index < -0.39 is 0 Å². The summed E-state index contributed by atoms with van der Waals surface area (Å²) in [5.74, 6) is -0.145. The first kappa shape index (κ1) is 12.8. The highest BCUT2D eigenvalue weighted by atomic mass is 16.1. The van der Waals surface area contributed by atoms with E-state index in [4.69, 9.17) is 0 Å². The highest BCUT2D eigenvalue weighted by molar-refractivity contribution is 5.96. The molecule has 0 spiro atoms. The summed E-state index contributed by atoms with van der Waals surface area (Å²) in [5, 5.41) is 3.10. The molecule has 2 rings (SSSR count). The molecule has 0 fully saturated rings. The Balaban J connectivity index is 2.30. The first-order valence-electron chi connectivity index (χ1n) is 5.98. The van der Waals surface area contributed by atoms with Crippen LogP contribution in [0.1, 0.15) is 17.3 Å². The number of imidazole rings is 1. The average Bonchev–Trinajstić information content (AvgIpc) is 2.98. The zero-order valence-electron chi connectivity index (χ0n) is 10.7. The van der Waals surface area contributed by atoms with Gasteiger partial charge in [-0.25, -0.2) is 4.98 Å². The minimum atomic E-state index is -0.145. The molecule has 0 aliphatic carbocycles. The molecule has 96 valence electrons. The molecule has 19 heavy (non-hydrogen) atoms. The number of carbonyl (C=O) groups excluding carboxylic acids is 1. The Labute approximate surface area is 112 Å². The van der Waals surface area contributed by atoms with Crippen molar-refractivity contribution in [2.75, 3.05) is 0 Å². The Morgan fingerprint density at radius 2 is 2.11 bits per heavy atom. The molecule has 0 aliphatic heterocycles. The lowest BCUT2D eigenvalue weighted by Gasteiger charge is -2.07. The summed E-state index contributed by atoms with van der Waals surface area (Å²) < 4.78 is 1.43. The summed E-state index contributed by atoms with van der Waals surface area (Å²) in [6.07, 6.45) is 9.90. The summed E-state index contributed by atoms with van der Waals surface area (Å²) in [6.45, 7) is 1.91. The number of hydrogen-bond acceptors (Lipinski definition) is 3. The summed E-state index contributed by atoms with van der Waals surface area (Å²) >= 11 is 0. The third kappa shape index (κ3) is 3.42. The van der Waals surface area contributed by atoms with E-state index in [9.17, 15) is 4.79 Å². The molecule has 0 saturated carbocycles. The van der Waals surface area contributed by atoms with E-state index in [1.807, 2.05) is 43.3 Å². The van der Waals surface area contributed by atoms with Crippen LogP contribution in [-0.4, -0.2) is 15.5 Å². The van der Waals surface area contributed by atoms with E-state index in [1.54, 1.807) is 24.7 Å². The fourth-order valence-electron chi connectivity index (χ4n) is 1.59. The number of nitrogens with zero attached hydrogens (tertiary/aromatic N) is 2. The highest BCUT2D eigenvalue weighted by Crippen LogP contribution is 2.11. The molecule has 0 atom stereocenters. The number of nitrogens with one attached hydrogen (secondary N) is 1. The first-order chi connectivity index (χ1) is 9.31. The third-order valence-corrected chi connectivity index (χ3v) is 2.52. The summed E-state index contributed by atoms with van der Waals surface area (Å²) in [6, 6.07) is 9.70. The van der Waals surface area contributed by atoms with Crippen molar-refractivity contribution in [3.63, 3.8) is 0 Å². The van der Waals surface area contributed by atoms with Crippen LogP contribution in [-0.2, 0) is 0 Å². The Morgan fingerprint density at radius 1 is 1.32 bits per heavy atom. The Morgan fingerprint density at radius 3 is 2.74 bits per heavy atom. The van der Waals surface area contributed by atoms with Gasteiger partial charge in [-0.2, -0.15) is 0 Å². The SMILES string of the molecule is C/C=C\N/C(=C\C(=O)n1ccnc1)c1ccccc1. The van der Waals surface area contributed by atoms with Crippen molar-refractivity contribution in [3.05, 3.63) is 73.0 Å². The molecule has 0 saturated heterocycles. The lowest BCUT2D eigenvalue weighted by atomic mass is 10.1. The van der Waals surface area contributed by atoms with Crippen LogP contribution >= 0.6 is 0 Å². The summed E-state index contributed by atoms with van der Waals surface area (Å²) in [5.41, 5.74) is 1.70. The lowest BCUT2D eigenvalue weighted by Crippen LogP contribution is -2.10. The van der Waals surface area contributed by atoms with Crippen molar-refractivity contribution in [2.24, 2.45) is 0 Å². The molecule has 4 heteroatoms. The number of allylic oxidation sites excluding steroid dienone is 2. The van der Waals surface area contributed by atoms with Crippen molar-refractivity contribution >= 4 is 11.6 Å². The van der Waals surface area contributed by atoms with Crippen LogP contribution in [0.5, 0.6) is 0 Å². The van der Waals surface area contributed by atoms with Gasteiger partial charge in [-0.15, -0.1) is 0 Å². The van der Waals surface area contributed by atoms with Gasteiger partial charge in [0.2, 0.25) is 0 Å². The number of aromatic nitrogens is 2. The van der Waals surface area contributed by atoms with Crippen molar-refractivity contribution in [1.29, 1.82) is 0 Å². The van der Waals surface area contributed by atoms with E-state index in [0.29, 0.717) is 0 Å². The Bertz CT molecular complexity index is 583. The maximum atomic E-state index is 12.0. The minimum Gasteiger partial charge on any atom is -0.361 e. The quantitative estimate of drug-likeness (QED) is 0.852. The molecule has 0 radical (unpaired) electrons. The molecule has 0 aliphatic rings. The van der Waals surface area contributed by atoms with E-state index in [2.05, 4.69) is 10.3 Å². The van der Waals surface area contributed by atoms with Crippen LogP contribution in [0.15, 0.2) is 67.4 Å². The highest BCUT2D eigenvalue weighted by Gasteiger charge is 2.04. The summed E-state index contributed by atoms with van der Waals surface area (Å²) in [4.78, 5) is 15.9. The van der Waals surface area contributed by atoms with Crippen LogP contribution in [0.4, 0.5) is 0 Å². The van der Waals surface area contributed by atoms with Gasteiger partial charge >= 0.3 is 0 Å². The molecule has 1 heterocycles. The predicted molar refractivity (Wildman–Crippen MR) is 75.2 cm³/mol. The molecule has 0 amide bonds. The monoisotopic (exact) mass is 253 g/mol. The molecule has 0 unspecified atom stereocenters. The van der Waals surface area contributed by atoms with E-state index in [1.165, 1.54) is 10.9 Å². The van der Waals surface area contributed by atoms with Crippen LogP contribution in [0.3, 0.4) is 0 Å². The normalized spacial score (nSPS) is 11.7. The first-order valence-corrected chi connectivity index (χ1v) is 5.98. The Kier molecular flexibility index (Phi) is 4.29. The standard InChI is InChI=1S/C15H15N3O/c1-2-8-17-14(13-6-4-3-5-7-13)11-15(19)18-10-9-16-12-18/h2-12,17H,1H3/b8-2-,14-11-. The van der Waals surface area contributed by atoms with Gasteiger partial charge in [0.25, 0.3) is 5.91 Å². The zero-order valence-corrected chi connectivity index (χ0v) is 10.7. The van der Waals surface area contributed by atoms with Crippen LogP contribution in [0.2, 0.25) is 0 Å². The number of carbonyl (C=O) groups is 1. The molecular weight excluding hydrogens is 238 g/mol. The topological polar surface area (TPSA) is 46.9 Å². The largest absolute Gasteiger partial charge is 0.361 e. The van der Waals surface area contributed by atoms with Crippen molar-refractivity contribution < 1.29 is 4.79 Å². The van der Waals surface area contributed by atoms with Gasteiger partial charge in [0.05, 0.1) is 5.70 Å². The van der Waals surface area contributed by atoms with Crippen LogP contribution in [0, 0.1) is 0 Å². The van der Waals surface area contributed by atoms with Gasteiger partial charge < -0.3 is 5.32 Å². The van der Waals surface area contributed by atoms with Gasteiger partial charge in [0, 0.05) is 18.5 Å². The molecular formula is C15H15N3O. The second kappa shape index (κ2) is 6.35. The molecule has 2 aromatic rings. The molecule has 0 bridgehead atoms. The average molecular weight is 253 g/mol. The smallest absolute Gasteiger partial charge is 0.257 e. The molecule has 4 nitrogen and oxygen atoms in total. The fourth-order valence-corrected chi connectivity index (χ4v) is 1.59. The van der Waals surface area contributed by atoms with E-state index >= 15 is 0 Å². The fraction of sp³-hybridized carbons (Fsp3) is 0.0667. The van der Waals surface area contributed by atoms with Gasteiger partial charge in [-0.05, 0) is 18.7 Å². The third-order valence-electron chi connectivity index (χ3n) is 2.52. The second-order valence-electron chi connectivity index (χ2n) is 3.88. The maximum Gasteiger partial charge on any atom is 0.257 e. The van der Waals surface area contributed by atoms with Crippen LogP contribution in [0.25, 0.3) is 5.70 Å². The maximum absolute atomic E-state index is 12.0. The number of hydrogen-bond donors (Lipinski definition) is 1. The van der Waals surface area contributed by atoms with Crippen LogP contribution < -0.4 is 5.32 Å². The minimum absolute atomic E-state index is 0.145. The second-order valence-corrected chi connectivity index (χ2v) is 3.88. The van der Waals surface area contributed by atoms with Gasteiger partial charge in [-0.1, -0.05) is 36.4 Å². The molecule has 1 N–H and O–H groups in total. The molecule has 1 aromatic heterocycles. The van der Waals surface area contributed by atoms with Crippen molar-refractivity contribution in [1.82, 2.24) is 14.9 Å². The molecule has 1 aromatic carbocycles. The van der Waals surface area contributed by atoms with E-state index in [0.717, 1.165) is 11.3 Å². The Hall–Kier alpha value is -2.62.